The number of nitrogens with zero attached hydrogens (tertiary/aromatic N) is 4. The van der Waals surface area contributed by atoms with Gasteiger partial charge in [0.1, 0.15) is 0 Å². The van der Waals surface area contributed by atoms with E-state index in [0.717, 1.165) is 22.4 Å². The molecule has 0 bridgehead atoms. The van der Waals surface area contributed by atoms with Crippen molar-refractivity contribution in [1.29, 1.82) is 5.26 Å². The van der Waals surface area contributed by atoms with Gasteiger partial charge in [-0.2, -0.15) is 10.4 Å². The minimum absolute atomic E-state index is 0.349. The summed E-state index contributed by atoms with van der Waals surface area (Å²) in [4.78, 5) is 2.11. The van der Waals surface area contributed by atoms with E-state index in [4.69, 9.17) is 5.26 Å². The summed E-state index contributed by atoms with van der Waals surface area (Å²) < 4.78 is 2.91. The Balaban J connectivity index is 2.90. The molecule has 0 saturated heterocycles. The van der Waals surface area contributed by atoms with Crippen molar-refractivity contribution >= 4 is 15.9 Å². The summed E-state index contributed by atoms with van der Waals surface area (Å²) in [7, 11) is 1.93. The summed E-state index contributed by atoms with van der Waals surface area (Å²) in [6.07, 6.45) is 0. The third-order valence-electron chi connectivity index (χ3n) is 2.62. The second kappa shape index (κ2) is 5.46. The van der Waals surface area contributed by atoms with Crippen molar-refractivity contribution in [2.45, 2.75) is 33.4 Å². The molecule has 0 N–H and O–H groups in total. The Morgan fingerprint density at radius 2 is 2.19 bits per heavy atom. The minimum Gasteiger partial charge on any atom is -0.282 e. The van der Waals surface area contributed by atoms with E-state index in [1.807, 2.05) is 18.7 Å². The van der Waals surface area contributed by atoms with Gasteiger partial charge < -0.3 is 0 Å². The molecule has 1 aromatic heterocycles. The molecule has 1 aromatic rings. The number of hydrogen-bond acceptors (Lipinski definition) is 3. The third-order valence-corrected chi connectivity index (χ3v) is 3.65. The second-order valence-electron chi connectivity index (χ2n) is 4.13. The SMILES string of the molecule is Cc1nn(C)c(CN(CC#N)C(C)C)c1Br. The molecule has 0 aromatic carbocycles. The first-order valence-electron chi connectivity index (χ1n) is 5.26. The molecule has 0 unspecified atom stereocenters. The predicted octanol–water partition coefficient (Wildman–Crippen LogP) is 2.22. The zero-order valence-electron chi connectivity index (χ0n) is 10.2. The van der Waals surface area contributed by atoms with E-state index in [1.54, 1.807) is 0 Å². The monoisotopic (exact) mass is 284 g/mol. The first-order chi connectivity index (χ1) is 7.47. The normalized spacial score (nSPS) is 11.1. The average Bonchev–Trinajstić information content (AvgIpc) is 2.43. The molecule has 0 fully saturated rings. The number of aryl methyl sites for hydroxylation is 2. The summed E-state index contributed by atoms with van der Waals surface area (Å²) in [5.74, 6) is 0. The van der Waals surface area contributed by atoms with Gasteiger partial charge in [-0.15, -0.1) is 0 Å². The van der Waals surface area contributed by atoms with E-state index >= 15 is 0 Å². The lowest BCUT2D eigenvalue weighted by Crippen LogP contribution is -2.31. The molecule has 1 rings (SSSR count). The van der Waals surface area contributed by atoms with Crippen LogP contribution in [0.2, 0.25) is 0 Å². The van der Waals surface area contributed by atoms with Crippen LogP contribution in [0.4, 0.5) is 0 Å². The molecule has 0 spiro atoms. The fraction of sp³-hybridized carbons (Fsp3) is 0.636. The molecule has 16 heavy (non-hydrogen) atoms. The van der Waals surface area contributed by atoms with Crippen molar-refractivity contribution in [3.05, 3.63) is 15.9 Å². The zero-order chi connectivity index (χ0) is 12.3. The zero-order valence-corrected chi connectivity index (χ0v) is 11.7. The summed E-state index contributed by atoms with van der Waals surface area (Å²) in [6.45, 7) is 7.33. The van der Waals surface area contributed by atoms with Crippen molar-refractivity contribution in [3.63, 3.8) is 0 Å². The van der Waals surface area contributed by atoms with E-state index in [0.29, 0.717) is 12.6 Å². The van der Waals surface area contributed by atoms with Crippen LogP contribution in [-0.2, 0) is 13.6 Å². The number of rotatable bonds is 4. The predicted molar refractivity (Wildman–Crippen MR) is 66.8 cm³/mol. The van der Waals surface area contributed by atoms with E-state index < -0.39 is 0 Å². The fourth-order valence-electron chi connectivity index (χ4n) is 1.56. The minimum atomic E-state index is 0.349. The van der Waals surface area contributed by atoms with Gasteiger partial charge >= 0.3 is 0 Å². The number of hydrogen-bond donors (Lipinski definition) is 0. The molecule has 1 heterocycles. The standard InChI is InChI=1S/C11H17BrN4/c1-8(2)16(6-5-13)7-10-11(12)9(3)14-15(10)4/h8H,6-7H2,1-4H3. The molecule has 4 nitrogen and oxygen atoms in total. The Bertz CT molecular complexity index is 403. The maximum absolute atomic E-state index is 8.78. The first kappa shape index (κ1) is 13.2. The largest absolute Gasteiger partial charge is 0.282 e. The fourth-order valence-corrected chi connectivity index (χ4v) is 2.02. The summed E-state index contributed by atoms with van der Waals surface area (Å²) >= 11 is 3.54. The number of nitriles is 1. The van der Waals surface area contributed by atoms with Gasteiger partial charge in [0.05, 0.1) is 28.5 Å². The van der Waals surface area contributed by atoms with Gasteiger partial charge in [-0.05, 0) is 36.7 Å². The smallest absolute Gasteiger partial charge is 0.0871 e. The molecule has 0 radical (unpaired) electrons. The molecule has 0 amide bonds. The molecule has 0 atom stereocenters. The number of aromatic nitrogens is 2. The molecule has 5 heteroatoms. The van der Waals surface area contributed by atoms with Gasteiger partial charge in [-0.3, -0.25) is 9.58 Å². The molecule has 0 saturated carbocycles. The first-order valence-corrected chi connectivity index (χ1v) is 6.05. The van der Waals surface area contributed by atoms with Crippen LogP contribution in [-0.4, -0.2) is 27.3 Å². The van der Waals surface area contributed by atoms with Crippen molar-refractivity contribution < 1.29 is 0 Å². The highest BCUT2D eigenvalue weighted by Gasteiger charge is 2.16. The molecular weight excluding hydrogens is 268 g/mol. The van der Waals surface area contributed by atoms with Gasteiger partial charge in [0.25, 0.3) is 0 Å². The lowest BCUT2D eigenvalue weighted by Gasteiger charge is -2.23. The number of halogens is 1. The maximum Gasteiger partial charge on any atom is 0.0871 e. The molecule has 0 aliphatic carbocycles. The van der Waals surface area contributed by atoms with Crippen LogP contribution in [0.3, 0.4) is 0 Å². The highest BCUT2D eigenvalue weighted by molar-refractivity contribution is 9.10. The average molecular weight is 285 g/mol. The summed E-state index contributed by atoms with van der Waals surface area (Å²) in [5.41, 5.74) is 2.10. The molecule has 0 aliphatic heterocycles. The maximum atomic E-state index is 8.78. The third kappa shape index (κ3) is 2.83. The summed E-state index contributed by atoms with van der Waals surface area (Å²) in [5, 5.41) is 13.1. The van der Waals surface area contributed by atoms with Gasteiger partial charge in [-0.1, -0.05) is 0 Å². The highest BCUT2D eigenvalue weighted by Crippen LogP contribution is 2.22. The molecule has 0 aliphatic rings. The van der Waals surface area contributed by atoms with Crippen molar-refractivity contribution in [3.8, 4) is 6.07 Å². The van der Waals surface area contributed by atoms with E-state index in [2.05, 4.69) is 45.8 Å². The Labute approximate surface area is 105 Å². The van der Waals surface area contributed by atoms with Gasteiger partial charge in [0.2, 0.25) is 0 Å². The quantitative estimate of drug-likeness (QED) is 0.797. The Kier molecular flexibility index (Phi) is 4.51. The highest BCUT2D eigenvalue weighted by atomic mass is 79.9. The van der Waals surface area contributed by atoms with Crippen LogP contribution < -0.4 is 0 Å². The van der Waals surface area contributed by atoms with Crippen LogP contribution in [0.25, 0.3) is 0 Å². The van der Waals surface area contributed by atoms with Gasteiger partial charge in [0.15, 0.2) is 0 Å². The van der Waals surface area contributed by atoms with Gasteiger partial charge in [0, 0.05) is 19.6 Å². The van der Waals surface area contributed by atoms with Crippen molar-refractivity contribution in [2.75, 3.05) is 6.54 Å². The Hall–Kier alpha value is -0.860. The van der Waals surface area contributed by atoms with Crippen LogP contribution in [0, 0.1) is 18.3 Å². The van der Waals surface area contributed by atoms with Crippen molar-refractivity contribution in [1.82, 2.24) is 14.7 Å². The van der Waals surface area contributed by atoms with E-state index in [1.165, 1.54) is 0 Å². The lowest BCUT2D eigenvalue weighted by atomic mass is 10.2. The van der Waals surface area contributed by atoms with Crippen LogP contribution in [0.1, 0.15) is 25.2 Å². The Morgan fingerprint density at radius 3 is 2.56 bits per heavy atom. The molecule has 88 valence electrons. The van der Waals surface area contributed by atoms with Crippen LogP contribution >= 0.6 is 15.9 Å². The van der Waals surface area contributed by atoms with Crippen molar-refractivity contribution in [2.24, 2.45) is 7.05 Å². The van der Waals surface area contributed by atoms with Crippen LogP contribution in [0.5, 0.6) is 0 Å². The lowest BCUT2D eigenvalue weighted by molar-refractivity contribution is 0.233. The van der Waals surface area contributed by atoms with Gasteiger partial charge in [-0.25, -0.2) is 0 Å². The topological polar surface area (TPSA) is 44.9 Å². The van der Waals surface area contributed by atoms with E-state index in [-0.39, 0.29) is 0 Å². The molecular formula is C11H17BrN4. The van der Waals surface area contributed by atoms with E-state index in [9.17, 15) is 0 Å². The summed E-state index contributed by atoms with van der Waals surface area (Å²) in [6, 6.07) is 2.54. The Morgan fingerprint density at radius 1 is 1.56 bits per heavy atom. The van der Waals surface area contributed by atoms with Crippen LogP contribution in [0.15, 0.2) is 4.47 Å². The second-order valence-corrected chi connectivity index (χ2v) is 4.92.